The van der Waals surface area contributed by atoms with Gasteiger partial charge in [0.25, 0.3) is 11.7 Å². The second-order valence-electron chi connectivity index (χ2n) is 16.0. The fraction of sp³-hybridized carbons (Fsp3) is 0.556. The number of alkyl halides is 3. The Hall–Kier alpha value is -4.74. The van der Waals surface area contributed by atoms with Crippen LogP contribution in [0.1, 0.15) is 77.6 Å². The average molecular weight is 780 g/mol. The van der Waals surface area contributed by atoms with Gasteiger partial charge in [0, 0.05) is 29.5 Å². The maximum Gasteiger partial charge on any atom is 0.454 e. The predicted molar refractivity (Wildman–Crippen MR) is 189 cm³/mol. The van der Waals surface area contributed by atoms with E-state index in [2.05, 4.69) is 26.9 Å². The molecule has 18 heteroatoms. The number of fused-ring (bicyclic) bond motifs is 1. The minimum atomic E-state index is -5.09. The minimum absolute atomic E-state index is 0.0498. The normalized spacial score (nSPS) is 23.6. The molecule has 1 aromatic heterocycles. The third-order valence-electron chi connectivity index (χ3n) is 9.40. The van der Waals surface area contributed by atoms with Gasteiger partial charge in [0.2, 0.25) is 27.7 Å². The van der Waals surface area contributed by atoms with Gasteiger partial charge in [-0.05, 0) is 69.0 Å². The molecule has 2 aromatic rings. The molecular weight excluding hydrogens is 735 g/mol. The van der Waals surface area contributed by atoms with Gasteiger partial charge in [-0.15, -0.1) is 6.58 Å². The molecule has 0 spiro atoms. The van der Waals surface area contributed by atoms with E-state index in [-0.39, 0.29) is 36.0 Å². The Balaban J connectivity index is 1.46. The number of amides is 4. The molecule has 5 atom stereocenters. The molecule has 14 nitrogen and oxygen atoms in total. The van der Waals surface area contributed by atoms with Crippen molar-refractivity contribution in [2.24, 2.45) is 11.3 Å². The Morgan fingerprint density at radius 3 is 2.28 bits per heavy atom. The standard InChI is InChI=1S/C36H44F3N5O9S/c1-8-21-17-35(21,31(48)43-54(50,51)23-10-11-23)42-28(46)25-16-22(18-44(25)30(47)26(33(2,3)4)41-32(49)53-34(5,6)7)52-29-24-12-9-20(27(45)36(37,38)39)15-19(24)13-14-40-29/h8-9,12-15,21-23,25-26H,1,10-11,16-18H2,2-7H3,(H,41,49)(H,42,46)(H,43,48)/t21-,22-,25+,26-,35-/m1/s1. The van der Waals surface area contributed by atoms with Crippen LogP contribution in [0.25, 0.3) is 10.8 Å². The third kappa shape index (κ3) is 8.79. The number of aromatic nitrogens is 1. The summed E-state index contributed by atoms with van der Waals surface area (Å²) in [4.78, 5) is 72.2. The first kappa shape index (κ1) is 40.4. The highest BCUT2D eigenvalue weighted by molar-refractivity contribution is 7.91. The number of benzene rings is 1. The van der Waals surface area contributed by atoms with E-state index in [1.165, 1.54) is 29.3 Å². The molecular formula is C36H44F3N5O9S. The van der Waals surface area contributed by atoms with Crippen molar-refractivity contribution >= 4 is 50.4 Å². The summed E-state index contributed by atoms with van der Waals surface area (Å²) >= 11 is 0. The molecule has 5 rings (SSSR count). The van der Waals surface area contributed by atoms with Gasteiger partial charge in [0.15, 0.2) is 0 Å². The predicted octanol–water partition coefficient (Wildman–Crippen LogP) is 3.94. The zero-order valence-corrected chi connectivity index (χ0v) is 31.5. The molecule has 2 saturated carbocycles. The number of rotatable bonds is 11. The van der Waals surface area contributed by atoms with E-state index in [9.17, 15) is 45.6 Å². The van der Waals surface area contributed by atoms with Gasteiger partial charge in [0.05, 0.1) is 11.8 Å². The molecule has 0 radical (unpaired) electrons. The number of carbonyl (C=O) groups excluding carboxylic acids is 5. The van der Waals surface area contributed by atoms with Crippen LogP contribution in [-0.4, -0.2) is 95.2 Å². The molecule has 294 valence electrons. The quantitative estimate of drug-likeness (QED) is 0.223. The average Bonchev–Trinajstić information content (AvgIpc) is 3.98. The Kier molecular flexibility index (Phi) is 10.6. The summed E-state index contributed by atoms with van der Waals surface area (Å²) in [6.07, 6.45) is -3.54. The summed E-state index contributed by atoms with van der Waals surface area (Å²) in [6.45, 7) is 13.5. The van der Waals surface area contributed by atoms with Crippen molar-refractivity contribution in [2.75, 3.05) is 6.54 Å². The Morgan fingerprint density at radius 1 is 1.06 bits per heavy atom. The molecule has 3 aliphatic rings. The number of nitrogens with one attached hydrogen (secondary N) is 3. The van der Waals surface area contributed by atoms with Crippen molar-refractivity contribution in [1.82, 2.24) is 25.2 Å². The van der Waals surface area contributed by atoms with E-state index >= 15 is 0 Å². The van der Waals surface area contributed by atoms with Crippen LogP contribution in [-0.2, 0) is 29.1 Å². The highest BCUT2D eigenvalue weighted by Crippen LogP contribution is 2.45. The number of hydrogen-bond acceptors (Lipinski definition) is 10. The van der Waals surface area contributed by atoms with E-state index in [4.69, 9.17) is 9.47 Å². The van der Waals surface area contributed by atoms with Gasteiger partial charge in [-0.3, -0.25) is 23.9 Å². The van der Waals surface area contributed by atoms with Crippen LogP contribution in [0.3, 0.4) is 0 Å². The van der Waals surface area contributed by atoms with Crippen LogP contribution in [0.2, 0.25) is 0 Å². The number of likely N-dealkylation sites (tertiary alicyclic amines) is 1. The van der Waals surface area contributed by atoms with Crippen LogP contribution in [0.4, 0.5) is 18.0 Å². The summed E-state index contributed by atoms with van der Waals surface area (Å²) in [5, 5.41) is 5.05. The summed E-state index contributed by atoms with van der Waals surface area (Å²) in [6, 6.07) is 2.14. The number of alkyl carbamates (subject to hydrolysis) is 1. The number of hydrogen-bond donors (Lipinski definition) is 3. The van der Waals surface area contributed by atoms with E-state index in [1.54, 1.807) is 41.5 Å². The van der Waals surface area contributed by atoms with Crippen molar-refractivity contribution in [2.45, 2.75) is 108 Å². The molecule has 0 bridgehead atoms. The largest absolute Gasteiger partial charge is 0.472 e. The fourth-order valence-electron chi connectivity index (χ4n) is 6.34. The van der Waals surface area contributed by atoms with Gasteiger partial charge in [-0.1, -0.05) is 32.9 Å². The number of nitrogens with zero attached hydrogens (tertiary/aromatic N) is 2. The fourth-order valence-corrected chi connectivity index (χ4v) is 7.70. The number of halogens is 3. The number of Topliss-reactive ketones (excluding diaryl/α,β-unsaturated/α-hetero) is 1. The van der Waals surface area contributed by atoms with Crippen molar-refractivity contribution in [3.05, 3.63) is 48.7 Å². The van der Waals surface area contributed by atoms with Gasteiger partial charge in [-0.25, -0.2) is 18.2 Å². The molecule has 1 aliphatic heterocycles. The number of ketones is 1. The minimum Gasteiger partial charge on any atom is -0.472 e. The molecule has 1 saturated heterocycles. The summed E-state index contributed by atoms with van der Waals surface area (Å²) in [5.74, 6) is -5.11. The van der Waals surface area contributed by atoms with Crippen molar-refractivity contribution in [3.63, 3.8) is 0 Å². The molecule has 2 aliphatic carbocycles. The second kappa shape index (κ2) is 14.2. The lowest BCUT2D eigenvalue weighted by Gasteiger charge is -2.36. The first-order valence-electron chi connectivity index (χ1n) is 17.3. The zero-order chi connectivity index (χ0) is 40.2. The SMILES string of the molecule is C=C[C@@H]1C[C@]1(NC(=O)[C@@H]1C[C@@H](Oc2nccc3cc(C(=O)C(F)(F)F)ccc23)CN1C(=O)[C@@H](NC(=O)OC(C)(C)C)C(C)(C)C)C(=O)NS(=O)(=O)C1CC1. The zero-order valence-electron chi connectivity index (χ0n) is 30.7. The molecule has 4 amide bonds. The Bertz CT molecular complexity index is 1990. The Labute approximate surface area is 310 Å². The smallest absolute Gasteiger partial charge is 0.454 e. The highest BCUT2D eigenvalue weighted by Gasteiger charge is 2.62. The Morgan fingerprint density at radius 2 is 1.72 bits per heavy atom. The lowest BCUT2D eigenvalue weighted by atomic mass is 9.85. The van der Waals surface area contributed by atoms with Gasteiger partial charge in [0.1, 0.15) is 29.3 Å². The van der Waals surface area contributed by atoms with E-state index < -0.39 is 97.3 Å². The first-order valence-corrected chi connectivity index (χ1v) is 18.9. The maximum atomic E-state index is 14.4. The molecule has 54 heavy (non-hydrogen) atoms. The van der Waals surface area contributed by atoms with Crippen molar-refractivity contribution in [1.29, 1.82) is 0 Å². The van der Waals surface area contributed by atoms with Crippen LogP contribution < -0.4 is 20.1 Å². The monoisotopic (exact) mass is 779 g/mol. The third-order valence-corrected chi connectivity index (χ3v) is 11.2. The van der Waals surface area contributed by atoms with Gasteiger partial charge in [-0.2, -0.15) is 13.2 Å². The number of carbonyl (C=O) groups is 5. The second-order valence-corrected chi connectivity index (χ2v) is 17.9. The summed E-state index contributed by atoms with van der Waals surface area (Å²) < 4.78 is 78.3. The molecule has 0 unspecified atom stereocenters. The van der Waals surface area contributed by atoms with Gasteiger partial charge >= 0.3 is 12.3 Å². The first-order chi connectivity index (χ1) is 24.9. The highest BCUT2D eigenvalue weighted by atomic mass is 32.2. The van der Waals surface area contributed by atoms with E-state index in [0.717, 1.165) is 12.1 Å². The maximum absolute atomic E-state index is 14.4. The van der Waals surface area contributed by atoms with E-state index in [0.29, 0.717) is 12.8 Å². The van der Waals surface area contributed by atoms with E-state index in [1.807, 2.05) is 0 Å². The number of pyridine rings is 1. The number of sulfonamides is 1. The van der Waals surface area contributed by atoms with Crippen LogP contribution in [0.5, 0.6) is 5.88 Å². The lowest BCUT2D eigenvalue weighted by molar-refractivity contribution is -0.143. The number of ether oxygens (including phenoxy) is 2. The molecule has 3 N–H and O–H groups in total. The topological polar surface area (TPSA) is 190 Å². The molecule has 3 fully saturated rings. The molecule has 2 heterocycles. The van der Waals surface area contributed by atoms with Crippen LogP contribution in [0.15, 0.2) is 43.1 Å². The van der Waals surface area contributed by atoms with Crippen molar-refractivity contribution < 1.29 is 55.0 Å². The summed E-state index contributed by atoms with van der Waals surface area (Å²) in [7, 11) is -3.97. The molecule has 1 aromatic carbocycles. The van der Waals surface area contributed by atoms with Crippen LogP contribution in [0, 0.1) is 11.3 Å². The van der Waals surface area contributed by atoms with Crippen molar-refractivity contribution in [3.8, 4) is 5.88 Å². The lowest BCUT2D eigenvalue weighted by Crippen LogP contribution is -2.60. The van der Waals surface area contributed by atoms with Gasteiger partial charge < -0.3 is 25.0 Å². The summed E-state index contributed by atoms with van der Waals surface area (Å²) in [5.41, 5.74) is -4.06. The van der Waals surface area contributed by atoms with Crippen LogP contribution >= 0.6 is 0 Å².